The van der Waals surface area contributed by atoms with Gasteiger partial charge in [0.05, 0.1) is 6.10 Å². The van der Waals surface area contributed by atoms with E-state index in [4.69, 9.17) is 4.74 Å². The number of rotatable bonds is 1. The normalized spacial score (nSPS) is 61.6. The second-order valence-electron chi connectivity index (χ2n) is 15.4. The van der Waals surface area contributed by atoms with Crippen LogP contribution in [0.3, 0.4) is 0 Å². The molecule has 1 aliphatic heterocycles. The van der Waals surface area contributed by atoms with E-state index in [0.29, 0.717) is 33.2 Å². The lowest BCUT2D eigenvalue weighted by molar-refractivity contribution is -0.213. The first kappa shape index (κ1) is 21.5. The number of hydrogen-bond donors (Lipinski definition) is 0. The average molecular weight is 427 g/mol. The molecule has 0 amide bonds. The fraction of sp³-hybridized carbons (Fsp3) is 1.00. The highest BCUT2D eigenvalue weighted by Crippen LogP contribution is 2.83. The molecule has 1 nitrogen and oxygen atoms in total. The van der Waals surface area contributed by atoms with Crippen molar-refractivity contribution in [3.63, 3.8) is 0 Å². The minimum Gasteiger partial charge on any atom is -0.365 e. The molecule has 1 spiro atoms. The predicted molar refractivity (Wildman–Crippen MR) is 129 cm³/mol. The van der Waals surface area contributed by atoms with Crippen LogP contribution in [0.5, 0.6) is 0 Å². The Labute approximate surface area is 192 Å². The van der Waals surface area contributed by atoms with Crippen LogP contribution in [-0.4, -0.2) is 11.7 Å². The van der Waals surface area contributed by atoms with Gasteiger partial charge in [0.25, 0.3) is 0 Å². The van der Waals surface area contributed by atoms with E-state index >= 15 is 0 Å². The highest BCUT2D eigenvalue weighted by Gasteiger charge is 2.83. The molecule has 1 heterocycles. The van der Waals surface area contributed by atoms with Gasteiger partial charge in [-0.1, -0.05) is 61.8 Å². The number of epoxide rings is 1. The molecule has 0 radical (unpaired) electrons. The third-order valence-corrected chi connectivity index (χ3v) is 14.0. The highest BCUT2D eigenvalue weighted by atomic mass is 16.6. The summed E-state index contributed by atoms with van der Waals surface area (Å²) < 4.78 is 7.11. The van der Waals surface area contributed by atoms with Gasteiger partial charge in [0, 0.05) is 5.41 Å². The minimum atomic E-state index is 0.214. The monoisotopic (exact) mass is 426 g/mol. The summed E-state index contributed by atoms with van der Waals surface area (Å²) in [6.07, 6.45) is 14.9. The van der Waals surface area contributed by atoms with Crippen LogP contribution in [0, 0.1) is 56.7 Å². The van der Waals surface area contributed by atoms with Crippen molar-refractivity contribution in [3.05, 3.63) is 0 Å². The molecule has 0 aromatic heterocycles. The van der Waals surface area contributed by atoms with Crippen molar-refractivity contribution in [1.82, 2.24) is 0 Å². The zero-order chi connectivity index (χ0) is 22.2. The molecule has 0 aromatic rings. The lowest BCUT2D eigenvalue weighted by Gasteiger charge is -2.70. The summed E-state index contributed by atoms with van der Waals surface area (Å²) in [5, 5.41) is 0. The Morgan fingerprint density at radius 3 is 2.06 bits per heavy atom. The van der Waals surface area contributed by atoms with Crippen molar-refractivity contribution in [1.29, 1.82) is 0 Å². The molecule has 5 aliphatic carbocycles. The fourth-order valence-electron chi connectivity index (χ4n) is 12.6. The largest absolute Gasteiger partial charge is 0.365 e. The molecule has 1 saturated heterocycles. The molecule has 6 aliphatic rings. The predicted octanol–water partition coefficient (Wildman–Crippen LogP) is 8.27. The molecule has 6 fully saturated rings. The molecule has 1 heteroatoms. The first-order chi connectivity index (χ1) is 14.4. The third kappa shape index (κ3) is 2.21. The summed E-state index contributed by atoms with van der Waals surface area (Å²) in [5.74, 6) is 4.32. The van der Waals surface area contributed by atoms with Gasteiger partial charge in [-0.2, -0.15) is 0 Å². The highest BCUT2D eigenvalue weighted by molar-refractivity contribution is 5.31. The lowest BCUT2D eigenvalue weighted by Crippen LogP contribution is -2.68. The van der Waals surface area contributed by atoms with E-state index in [1.165, 1.54) is 64.2 Å². The molecule has 3 unspecified atom stereocenters. The zero-order valence-corrected chi connectivity index (χ0v) is 21.9. The van der Waals surface area contributed by atoms with Crippen LogP contribution in [0.15, 0.2) is 0 Å². The quantitative estimate of drug-likeness (QED) is 0.384. The van der Waals surface area contributed by atoms with Gasteiger partial charge in [-0.3, -0.25) is 0 Å². The molecule has 0 N–H and O–H groups in total. The number of hydrogen-bond acceptors (Lipinski definition) is 1. The van der Waals surface area contributed by atoms with Crippen molar-refractivity contribution in [2.24, 2.45) is 56.7 Å². The van der Waals surface area contributed by atoms with E-state index in [1.807, 2.05) is 0 Å². The van der Waals surface area contributed by atoms with E-state index in [2.05, 4.69) is 55.4 Å². The molecule has 5 saturated carbocycles. The molecule has 0 aromatic carbocycles. The van der Waals surface area contributed by atoms with Gasteiger partial charge in [0.2, 0.25) is 0 Å². The summed E-state index contributed by atoms with van der Waals surface area (Å²) in [6, 6.07) is 0. The van der Waals surface area contributed by atoms with E-state index in [-0.39, 0.29) is 5.60 Å². The minimum absolute atomic E-state index is 0.214. The van der Waals surface area contributed by atoms with E-state index in [1.54, 1.807) is 0 Å². The number of fused-ring (bicyclic) bond motifs is 5. The smallest absolute Gasteiger partial charge is 0.104 e. The standard InChI is InChI=1S/C30H50O/c1-19(2)20-10-11-22-26(20,5)16-17-27(6)23-13-12-21-25(3,4)14-9-15-28(21,7)30(23)24(31-30)18-29(22,27)8/h19-24H,9-18H2,1-8H3/t20-,21?,22?,23?,24+,26-,27-,28+,29+,30-/m1/s1. The maximum atomic E-state index is 7.11. The Kier molecular flexibility index (Phi) is 4.13. The first-order valence-corrected chi connectivity index (χ1v) is 14.0. The summed E-state index contributed by atoms with van der Waals surface area (Å²) in [4.78, 5) is 0. The molecule has 6 rings (SSSR count). The summed E-state index contributed by atoms with van der Waals surface area (Å²) in [7, 11) is 0. The summed E-state index contributed by atoms with van der Waals surface area (Å²) >= 11 is 0. The molecule has 31 heavy (non-hydrogen) atoms. The fourth-order valence-corrected chi connectivity index (χ4v) is 12.6. The molecule has 10 atom stereocenters. The molecule has 0 bridgehead atoms. The van der Waals surface area contributed by atoms with Crippen LogP contribution in [-0.2, 0) is 4.74 Å². The van der Waals surface area contributed by atoms with Gasteiger partial charge in [-0.15, -0.1) is 0 Å². The Hall–Kier alpha value is -0.0400. The van der Waals surface area contributed by atoms with Crippen LogP contribution < -0.4 is 0 Å². The Morgan fingerprint density at radius 1 is 0.677 bits per heavy atom. The van der Waals surface area contributed by atoms with Gasteiger partial charge >= 0.3 is 0 Å². The van der Waals surface area contributed by atoms with Gasteiger partial charge in [-0.25, -0.2) is 0 Å². The second-order valence-corrected chi connectivity index (χ2v) is 15.4. The van der Waals surface area contributed by atoms with Gasteiger partial charge < -0.3 is 4.74 Å². The van der Waals surface area contributed by atoms with Crippen LogP contribution in [0.1, 0.15) is 120 Å². The topological polar surface area (TPSA) is 12.5 Å². The summed E-state index contributed by atoms with van der Waals surface area (Å²) in [5.41, 5.74) is 2.60. The van der Waals surface area contributed by atoms with Crippen molar-refractivity contribution in [2.45, 2.75) is 131 Å². The van der Waals surface area contributed by atoms with Crippen molar-refractivity contribution in [2.75, 3.05) is 0 Å². The lowest BCUT2D eigenvalue weighted by atomic mass is 9.33. The third-order valence-electron chi connectivity index (χ3n) is 14.0. The Morgan fingerprint density at radius 2 is 1.35 bits per heavy atom. The molecular weight excluding hydrogens is 376 g/mol. The molecular formula is C30H50O. The van der Waals surface area contributed by atoms with Gasteiger partial charge in [0.15, 0.2) is 0 Å². The maximum absolute atomic E-state index is 7.11. The van der Waals surface area contributed by atoms with Crippen LogP contribution in [0.25, 0.3) is 0 Å². The Bertz CT molecular complexity index is 783. The zero-order valence-electron chi connectivity index (χ0n) is 21.9. The maximum Gasteiger partial charge on any atom is 0.104 e. The van der Waals surface area contributed by atoms with Crippen molar-refractivity contribution in [3.8, 4) is 0 Å². The second kappa shape index (κ2) is 5.95. The number of ether oxygens (including phenoxy) is 1. The van der Waals surface area contributed by atoms with E-state index < -0.39 is 0 Å². The van der Waals surface area contributed by atoms with Gasteiger partial charge in [0.1, 0.15) is 5.60 Å². The average Bonchev–Trinajstić information content (AvgIpc) is 3.25. The summed E-state index contributed by atoms with van der Waals surface area (Å²) in [6.45, 7) is 21.1. The van der Waals surface area contributed by atoms with Crippen molar-refractivity contribution < 1.29 is 4.74 Å². The molecule has 176 valence electrons. The van der Waals surface area contributed by atoms with Crippen molar-refractivity contribution >= 4 is 0 Å². The van der Waals surface area contributed by atoms with E-state index in [9.17, 15) is 0 Å². The SMILES string of the molecule is CC(C)[C@H]1CCC2[C@]1(C)CC[C@]1(C)C3CCC4C(C)(C)CCC[C@]4(C)[C@@]34O[C@H]4C[C@@]21C. The first-order valence-electron chi connectivity index (χ1n) is 14.0. The Balaban J connectivity index is 1.41. The van der Waals surface area contributed by atoms with Crippen LogP contribution >= 0.6 is 0 Å². The van der Waals surface area contributed by atoms with E-state index in [0.717, 1.165) is 29.6 Å². The van der Waals surface area contributed by atoms with Gasteiger partial charge in [-0.05, 0) is 109 Å². The van der Waals surface area contributed by atoms with Crippen LogP contribution in [0.4, 0.5) is 0 Å². The van der Waals surface area contributed by atoms with Crippen LogP contribution in [0.2, 0.25) is 0 Å².